The Morgan fingerprint density at radius 2 is 1.48 bits per heavy atom. The van der Waals surface area contributed by atoms with Crippen molar-refractivity contribution in [3.63, 3.8) is 0 Å². The standard InChI is InChI=1S/C34H37N3O6S/c1-23-10-11-24(2)30(20-23)37(44(5,40)41)22-26-12-15-27(16-13-26)33(38)36-29-9-7-6-8-28(29)34(39)35-19-18-25-14-17-31(42-3)32(21-25)43-4/h6-17,20-21H,18-19,22H2,1-5H3,(H,35,39)(H,36,38). The van der Waals surface area contributed by atoms with Gasteiger partial charge in [-0.2, -0.15) is 0 Å². The maximum Gasteiger partial charge on any atom is 0.255 e. The van der Waals surface area contributed by atoms with Crippen LogP contribution in [0.15, 0.2) is 84.9 Å². The molecular weight excluding hydrogens is 578 g/mol. The van der Waals surface area contributed by atoms with E-state index in [9.17, 15) is 18.0 Å². The molecule has 9 nitrogen and oxygen atoms in total. The summed E-state index contributed by atoms with van der Waals surface area (Å²) in [5.74, 6) is 0.542. The summed E-state index contributed by atoms with van der Waals surface area (Å²) >= 11 is 0. The van der Waals surface area contributed by atoms with Gasteiger partial charge in [-0.05, 0) is 85.0 Å². The van der Waals surface area contributed by atoms with Crippen molar-refractivity contribution >= 4 is 33.2 Å². The molecular formula is C34H37N3O6S. The number of hydrogen-bond acceptors (Lipinski definition) is 6. The van der Waals surface area contributed by atoms with Gasteiger partial charge in [-0.15, -0.1) is 0 Å². The summed E-state index contributed by atoms with van der Waals surface area (Å²) in [7, 11) is -0.411. The van der Waals surface area contributed by atoms with E-state index in [1.54, 1.807) is 62.8 Å². The second-order valence-corrected chi connectivity index (χ2v) is 12.4. The molecule has 4 aromatic rings. The van der Waals surface area contributed by atoms with Gasteiger partial charge in [-0.25, -0.2) is 8.42 Å². The molecule has 10 heteroatoms. The molecule has 0 unspecified atom stereocenters. The largest absolute Gasteiger partial charge is 0.493 e. The van der Waals surface area contributed by atoms with Crippen LogP contribution in [0.25, 0.3) is 0 Å². The molecule has 0 heterocycles. The number of para-hydroxylation sites is 1. The topological polar surface area (TPSA) is 114 Å². The van der Waals surface area contributed by atoms with Crippen LogP contribution in [0.1, 0.15) is 43.0 Å². The molecule has 0 saturated carbocycles. The van der Waals surface area contributed by atoms with Crippen LogP contribution in [-0.2, 0) is 23.0 Å². The number of hydrogen-bond donors (Lipinski definition) is 2. The van der Waals surface area contributed by atoms with Crippen molar-refractivity contribution in [1.29, 1.82) is 0 Å². The van der Waals surface area contributed by atoms with Gasteiger partial charge in [0.1, 0.15) is 0 Å². The number of anilines is 2. The SMILES string of the molecule is COc1ccc(CCNC(=O)c2ccccc2NC(=O)c2ccc(CN(c3cc(C)ccc3C)S(C)(=O)=O)cc2)cc1OC. The first kappa shape index (κ1) is 32.1. The van der Waals surface area contributed by atoms with E-state index in [0.29, 0.717) is 47.0 Å². The molecule has 0 atom stereocenters. The maximum absolute atomic E-state index is 13.1. The molecule has 230 valence electrons. The lowest BCUT2D eigenvalue weighted by Crippen LogP contribution is -2.30. The second kappa shape index (κ2) is 14.1. The summed E-state index contributed by atoms with van der Waals surface area (Å²) in [5, 5.41) is 5.74. The van der Waals surface area contributed by atoms with Crippen LogP contribution in [-0.4, -0.2) is 47.3 Å². The number of ether oxygens (including phenoxy) is 2. The van der Waals surface area contributed by atoms with Gasteiger partial charge >= 0.3 is 0 Å². The number of amides is 2. The number of nitrogens with one attached hydrogen (secondary N) is 2. The van der Waals surface area contributed by atoms with Crippen LogP contribution in [0, 0.1) is 13.8 Å². The number of sulfonamides is 1. The smallest absolute Gasteiger partial charge is 0.255 e. The Morgan fingerprint density at radius 3 is 2.16 bits per heavy atom. The second-order valence-electron chi connectivity index (χ2n) is 10.5. The maximum atomic E-state index is 13.1. The monoisotopic (exact) mass is 615 g/mol. The lowest BCUT2D eigenvalue weighted by Gasteiger charge is -2.25. The van der Waals surface area contributed by atoms with E-state index < -0.39 is 15.9 Å². The first-order valence-electron chi connectivity index (χ1n) is 14.0. The van der Waals surface area contributed by atoms with E-state index >= 15 is 0 Å². The highest BCUT2D eigenvalue weighted by Crippen LogP contribution is 2.28. The van der Waals surface area contributed by atoms with E-state index in [0.717, 1.165) is 22.3 Å². The number of rotatable bonds is 12. The predicted molar refractivity (Wildman–Crippen MR) is 173 cm³/mol. The molecule has 44 heavy (non-hydrogen) atoms. The Labute approximate surface area is 258 Å². The Balaban J connectivity index is 1.41. The number of carbonyl (C=O) groups is 2. The third kappa shape index (κ3) is 7.96. The van der Waals surface area contributed by atoms with Crippen molar-refractivity contribution in [3.8, 4) is 11.5 Å². The van der Waals surface area contributed by atoms with Crippen LogP contribution in [0.5, 0.6) is 11.5 Å². The van der Waals surface area contributed by atoms with Crippen molar-refractivity contribution in [3.05, 3.63) is 118 Å². The zero-order chi connectivity index (χ0) is 31.9. The fraction of sp³-hybridized carbons (Fsp3) is 0.235. The number of carbonyl (C=O) groups excluding carboxylic acids is 2. The van der Waals surface area contributed by atoms with Crippen LogP contribution >= 0.6 is 0 Å². The molecule has 0 aliphatic rings. The summed E-state index contributed by atoms with van der Waals surface area (Å²) in [5.41, 5.74) is 5.20. The molecule has 0 aromatic heterocycles. The Kier molecular flexibility index (Phi) is 10.3. The summed E-state index contributed by atoms with van der Waals surface area (Å²) in [4.78, 5) is 26.2. The van der Waals surface area contributed by atoms with Gasteiger partial charge in [0, 0.05) is 12.1 Å². The summed E-state index contributed by atoms with van der Waals surface area (Å²) in [6.45, 7) is 4.29. The molecule has 4 rings (SSSR count). The quantitative estimate of drug-likeness (QED) is 0.217. The van der Waals surface area contributed by atoms with Gasteiger partial charge < -0.3 is 20.1 Å². The molecule has 2 amide bonds. The van der Waals surface area contributed by atoms with Gasteiger partial charge in [0.05, 0.1) is 44.0 Å². The first-order valence-corrected chi connectivity index (χ1v) is 15.9. The van der Waals surface area contributed by atoms with E-state index in [4.69, 9.17) is 9.47 Å². The van der Waals surface area contributed by atoms with E-state index in [-0.39, 0.29) is 12.5 Å². The Bertz CT molecular complexity index is 1750. The minimum absolute atomic E-state index is 0.122. The molecule has 0 aliphatic carbocycles. The van der Waals surface area contributed by atoms with Crippen molar-refractivity contribution in [2.75, 3.05) is 36.6 Å². The average molecular weight is 616 g/mol. The lowest BCUT2D eigenvalue weighted by molar-refractivity contribution is 0.0955. The minimum atomic E-state index is -3.56. The van der Waals surface area contributed by atoms with E-state index in [1.165, 1.54) is 10.6 Å². The number of methoxy groups -OCH3 is 2. The zero-order valence-corrected chi connectivity index (χ0v) is 26.3. The molecule has 0 radical (unpaired) electrons. The molecule has 0 bridgehead atoms. The van der Waals surface area contributed by atoms with Gasteiger partial charge in [0.25, 0.3) is 11.8 Å². The first-order chi connectivity index (χ1) is 21.0. The highest BCUT2D eigenvalue weighted by molar-refractivity contribution is 7.92. The van der Waals surface area contributed by atoms with Gasteiger partial charge in [-0.1, -0.05) is 42.5 Å². The van der Waals surface area contributed by atoms with Crippen molar-refractivity contribution in [2.24, 2.45) is 0 Å². The number of benzene rings is 4. The van der Waals surface area contributed by atoms with Gasteiger partial charge in [0.2, 0.25) is 10.0 Å². The molecule has 2 N–H and O–H groups in total. The van der Waals surface area contributed by atoms with Gasteiger partial charge in [-0.3, -0.25) is 13.9 Å². The number of nitrogens with zero attached hydrogens (tertiary/aromatic N) is 1. The summed E-state index contributed by atoms with van der Waals surface area (Å²) in [6.07, 6.45) is 1.76. The molecule has 0 saturated heterocycles. The minimum Gasteiger partial charge on any atom is -0.493 e. The van der Waals surface area contributed by atoms with Crippen LogP contribution in [0.3, 0.4) is 0 Å². The average Bonchev–Trinajstić information content (AvgIpc) is 3.01. The molecule has 0 spiro atoms. The van der Waals surface area contributed by atoms with Crippen LogP contribution < -0.4 is 24.4 Å². The zero-order valence-electron chi connectivity index (χ0n) is 25.5. The third-order valence-electron chi connectivity index (χ3n) is 7.14. The highest BCUT2D eigenvalue weighted by Gasteiger charge is 2.20. The fourth-order valence-electron chi connectivity index (χ4n) is 4.73. The normalized spacial score (nSPS) is 11.0. The van der Waals surface area contributed by atoms with Crippen molar-refractivity contribution in [2.45, 2.75) is 26.8 Å². The predicted octanol–water partition coefficient (Wildman–Crippen LogP) is 5.51. The lowest BCUT2D eigenvalue weighted by atomic mass is 10.1. The highest BCUT2D eigenvalue weighted by atomic mass is 32.2. The number of aryl methyl sites for hydroxylation is 2. The fourth-order valence-corrected chi connectivity index (χ4v) is 5.67. The molecule has 0 aliphatic heterocycles. The molecule has 0 fully saturated rings. The van der Waals surface area contributed by atoms with Crippen molar-refractivity contribution in [1.82, 2.24) is 5.32 Å². The third-order valence-corrected chi connectivity index (χ3v) is 8.27. The van der Waals surface area contributed by atoms with E-state index in [1.807, 2.05) is 50.2 Å². The Hall–Kier alpha value is -4.83. The summed E-state index contributed by atoms with van der Waals surface area (Å²) < 4.78 is 37.3. The van der Waals surface area contributed by atoms with E-state index in [2.05, 4.69) is 10.6 Å². The summed E-state index contributed by atoms with van der Waals surface area (Å²) in [6, 6.07) is 24.8. The Morgan fingerprint density at radius 1 is 0.795 bits per heavy atom. The van der Waals surface area contributed by atoms with Crippen molar-refractivity contribution < 1.29 is 27.5 Å². The van der Waals surface area contributed by atoms with Gasteiger partial charge in [0.15, 0.2) is 11.5 Å². The van der Waals surface area contributed by atoms with Crippen LogP contribution in [0.4, 0.5) is 11.4 Å². The molecule has 4 aromatic carbocycles. The van der Waals surface area contributed by atoms with Crippen LogP contribution in [0.2, 0.25) is 0 Å².